The first-order chi connectivity index (χ1) is 9.63. The number of hydrogen-bond donors (Lipinski definition) is 2. The lowest BCUT2D eigenvalue weighted by atomic mass is 10.1. The third kappa shape index (κ3) is 6.57. The average Bonchev–Trinajstić information content (AvgIpc) is 2.46. The van der Waals surface area contributed by atoms with Gasteiger partial charge in [-0.2, -0.15) is 0 Å². The van der Waals surface area contributed by atoms with E-state index in [0.29, 0.717) is 6.04 Å². The number of hydrogen-bond acceptors (Lipinski definition) is 2. The number of likely N-dealkylation sites (N-methyl/N-ethyl adjacent to an activating group) is 1. The van der Waals surface area contributed by atoms with Gasteiger partial charge in [-0.15, -0.1) is 0 Å². The predicted molar refractivity (Wildman–Crippen MR) is 87.3 cm³/mol. The fourth-order valence-electron chi connectivity index (χ4n) is 1.80. The molecular formula is C16H28N4. The van der Waals surface area contributed by atoms with Crippen molar-refractivity contribution in [1.82, 2.24) is 15.5 Å². The van der Waals surface area contributed by atoms with Gasteiger partial charge in [0.1, 0.15) is 0 Å². The van der Waals surface area contributed by atoms with Gasteiger partial charge in [0.05, 0.1) is 0 Å². The van der Waals surface area contributed by atoms with Crippen LogP contribution in [0.25, 0.3) is 0 Å². The summed E-state index contributed by atoms with van der Waals surface area (Å²) in [5.74, 6) is 0.873. The van der Waals surface area contributed by atoms with Gasteiger partial charge in [-0.1, -0.05) is 30.3 Å². The van der Waals surface area contributed by atoms with Gasteiger partial charge in [0.25, 0.3) is 0 Å². The van der Waals surface area contributed by atoms with Crippen molar-refractivity contribution in [2.24, 2.45) is 4.99 Å². The molecule has 0 saturated carbocycles. The molecule has 1 rings (SSSR count). The first kappa shape index (κ1) is 16.5. The quantitative estimate of drug-likeness (QED) is 0.588. The first-order valence-electron chi connectivity index (χ1n) is 7.32. The van der Waals surface area contributed by atoms with Crippen molar-refractivity contribution in [1.29, 1.82) is 0 Å². The summed E-state index contributed by atoms with van der Waals surface area (Å²) in [6.45, 7) is 7.21. The zero-order chi connectivity index (χ0) is 14.8. The minimum absolute atomic E-state index is 0.574. The molecule has 0 aliphatic rings. The Morgan fingerprint density at radius 3 is 2.40 bits per heavy atom. The molecule has 4 heteroatoms. The third-order valence-corrected chi connectivity index (χ3v) is 3.41. The molecule has 112 valence electrons. The maximum atomic E-state index is 4.24. The standard InChI is InChI=1S/C16H28N4/c1-14(2)20(4)13-12-19-16(17-3)18-11-10-15-8-6-5-7-9-15/h5-9,14H,10-13H2,1-4H3,(H2,17,18,19). The molecule has 0 spiro atoms. The van der Waals surface area contributed by atoms with Crippen LogP contribution < -0.4 is 10.6 Å². The van der Waals surface area contributed by atoms with Gasteiger partial charge in [-0.3, -0.25) is 4.99 Å². The van der Waals surface area contributed by atoms with Crippen molar-refractivity contribution in [3.8, 4) is 0 Å². The molecule has 20 heavy (non-hydrogen) atoms. The van der Waals surface area contributed by atoms with Gasteiger partial charge in [0.2, 0.25) is 0 Å². The van der Waals surface area contributed by atoms with Gasteiger partial charge in [-0.25, -0.2) is 0 Å². The Balaban J connectivity index is 2.20. The van der Waals surface area contributed by atoms with Crippen LogP contribution in [-0.4, -0.2) is 50.6 Å². The Hall–Kier alpha value is -1.55. The highest BCUT2D eigenvalue weighted by atomic mass is 15.2. The van der Waals surface area contributed by atoms with Crippen LogP contribution in [0.3, 0.4) is 0 Å². The minimum Gasteiger partial charge on any atom is -0.356 e. The monoisotopic (exact) mass is 276 g/mol. The van der Waals surface area contributed by atoms with E-state index in [9.17, 15) is 0 Å². The van der Waals surface area contributed by atoms with Gasteiger partial charge >= 0.3 is 0 Å². The molecule has 0 fully saturated rings. The van der Waals surface area contributed by atoms with Crippen molar-refractivity contribution < 1.29 is 0 Å². The molecule has 0 unspecified atom stereocenters. The molecule has 1 aromatic rings. The highest BCUT2D eigenvalue weighted by Gasteiger charge is 2.03. The molecule has 0 radical (unpaired) electrons. The number of nitrogens with zero attached hydrogens (tertiary/aromatic N) is 2. The zero-order valence-corrected chi connectivity index (χ0v) is 13.2. The first-order valence-corrected chi connectivity index (χ1v) is 7.32. The van der Waals surface area contributed by atoms with E-state index in [1.165, 1.54) is 5.56 Å². The molecule has 0 amide bonds. The molecule has 0 aliphatic carbocycles. The molecule has 0 atom stereocenters. The van der Waals surface area contributed by atoms with E-state index in [0.717, 1.165) is 32.0 Å². The lowest BCUT2D eigenvalue weighted by Gasteiger charge is -2.21. The number of nitrogens with one attached hydrogen (secondary N) is 2. The van der Waals surface area contributed by atoms with Crippen LogP contribution in [0.4, 0.5) is 0 Å². The Bertz CT molecular complexity index is 387. The molecule has 0 aliphatic heterocycles. The Labute approximate surface area is 123 Å². The number of guanidine groups is 1. The van der Waals surface area contributed by atoms with E-state index in [1.54, 1.807) is 0 Å². The summed E-state index contributed by atoms with van der Waals surface area (Å²) in [6.07, 6.45) is 1.01. The fourth-order valence-corrected chi connectivity index (χ4v) is 1.80. The van der Waals surface area contributed by atoms with E-state index >= 15 is 0 Å². The maximum absolute atomic E-state index is 4.24. The Morgan fingerprint density at radius 2 is 1.80 bits per heavy atom. The minimum atomic E-state index is 0.574. The molecule has 0 heterocycles. The second-order valence-electron chi connectivity index (χ2n) is 5.24. The SMILES string of the molecule is CN=C(NCCc1ccccc1)NCCN(C)C(C)C. The average molecular weight is 276 g/mol. The lowest BCUT2D eigenvalue weighted by Crippen LogP contribution is -2.42. The van der Waals surface area contributed by atoms with Crippen LogP contribution in [0.1, 0.15) is 19.4 Å². The molecule has 1 aromatic carbocycles. The van der Waals surface area contributed by atoms with E-state index in [2.05, 4.69) is 65.7 Å². The van der Waals surface area contributed by atoms with Crippen LogP contribution in [-0.2, 0) is 6.42 Å². The normalized spacial score (nSPS) is 12.0. The predicted octanol–water partition coefficient (Wildman–Crippen LogP) is 1.73. The molecule has 0 aromatic heterocycles. The zero-order valence-electron chi connectivity index (χ0n) is 13.2. The smallest absolute Gasteiger partial charge is 0.191 e. The number of benzene rings is 1. The Morgan fingerprint density at radius 1 is 1.15 bits per heavy atom. The maximum Gasteiger partial charge on any atom is 0.191 e. The second kappa shape index (κ2) is 9.37. The summed E-state index contributed by atoms with van der Waals surface area (Å²) in [7, 11) is 3.95. The molecule has 0 saturated heterocycles. The van der Waals surface area contributed by atoms with E-state index < -0.39 is 0 Å². The van der Waals surface area contributed by atoms with Gasteiger partial charge in [-0.05, 0) is 32.9 Å². The molecular weight excluding hydrogens is 248 g/mol. The molecule has 2 N–H and O–H groups in total. The fraction of sp³-hybridized carbons (Fsp3) is 0.562. The summed E-state index contributed by atoms with van der Waals surface area (Å²) in [6, 6.07) is 11.1. The summed E-state index contributed by atoms with van der Waals surface area (Å²) >= 11 is 0. The van der Waals surface area contributed by atoms with Crippen LogP contribution in [0.2, 0.25) is 0 Å². The van der Waals surface area contributed by atoms with Crippen LogP contribution in [0.15, 0.2) is 35.3 Å². The second-order valence-corrected chi connectivity index (χ2v) is 5.24. The highest BCUT2D eigenvalue weighted by Crippen LogP contribution is 1.98. The van der Waals surface area contributed by atoms with Crippen LogP contribution >= 0.6 is 0 Å². The van der Waals surface area contributed by atoms with Crippen molar-refractivity contribution in [2.45, 2.75) is 26.3 Å². The van der Waals surface area contributed by atoms with Crippen molar-refractivity contribution in [2.75, 3.05) is 33.7 Å². The van der Waals surface area contributed by atoms with Crippen molar-refractivity contribution in [3.63, 3.8) is 0 Å². The summed E-state index contributed by atoms with van der Waals surface area (Å²) < 4.78 is 0. The largest absolute Gasteiger partial charge is 0.356 e. The van der Waals surface area contributed by atoms with E-state index in [-0.39, 0.29) is 0 Å². The topological polar surface area (TPSA) is 39.7 Å². The van der Waals surface area contributed by atoms with Crippen LogP contribution in [0, 0.1) is 0 Å². The van der Waals surface area contributed by atoms with Gasteiger partial charge in [0.15, 0.2) is 5.96 Å². The third-order valence-electron chi connectivity index (χ3n) is 3.41. The van der Waals surface area contributed by atoms with Crippen LogP contribution in [0.5, 0.6) is 0 Å². The summed E-state index contributed by atoms with van der Waals surface area (Å²) in [4.78, 5) is 6.55. The molecule has 4 nitrogen and oxygen atoms in total. The highest BCUT2D eigenvalue weighted by molar-refractivity contribution is 5.79. The molecule has 0 bridgehead atoms. The van der Waals surface area contributed by atoms with Crippen molar-refractivity contribution in [3.05, 3.63) is 35.9 Å². The van der Waals surface area contributed by atoms with E-state index in [1.807, 2.05) is 13.1 Å². The lowest BCUT2D eigenvalue weighted by molar-refractivity contribution is 0.278. The number of aliphatic imine (C=N–C) groups is 1. The van der Waals surface area contributed by atoms with E-state index in [4.69, 9.17) is 0 Å². The summed E-state index contributed by atoms with van der Waals surface area (Å²) in [5.41, 5.74) is 1.34. The van der Waals surface area contributed by atoms with Gasteiger partial charge < -0.3 is 15.5 Å². The summed E-state index contributed by atoms with van der Waals surface area (Å²) in [5, 5.41) is 6.68. The van der Waals surface area contributed by atoms with Crippen molar-refractivity contribution >= 4 is 5.96 Å². The Kier molecular flexibility index (Phi) is 7.73. The van der Waals surface area contributed by atoms with Gasteiger partial charge in [0, 0.05) is 32.7 Å². The number of rotatable bonds is 7.